The van der Waals surface area contributed by atoms with Crippen LogP contribution >= 0.6 is 11.6 Å². The highest BCUT2D eigenvalue weighted by Gasteiger charge is 2.27. The molecule has 132 valence electrons. The molecule has 0 amide bonds. The molecule has 25 heavy (non-hydrogen) atoms. The van der Waals surface area contributed by atoms with Gasteiger partial charge in [0.2, 0.25) is 0 Å². The van der Waals surface area contributed by atoms with Crippen molar-refractivity contribution in [1.82, 2.24) is 19.6 Å². The Hall–Kier alpha value is -2.35. The molecule has 0 fully saturated rings. The molecule has 0 bridgehead atoms. The van der Waals surface area contributed by atoms with Gasteiger partial charge >= 0.3 is 0 Å². The molecule has 2 heterocycles. The van der Waals surface area contributed by atoms with Crippen LogP contribution in [0.15, 0.2) is 18.5 Å². The van der Waals surface area contributed by atoms with Crippen LogP contribution in [-0.2, 0) is 0 Å². The molecule has 0 N–H and O–H groups in total. The van der Waals surface area contributed by atoms with Crippen molar-refractivity contribution in [3.05, 3.63) is 41.1 Å². The van der Waals surface area contributed by atoms with E-state index in [-0.39, 0.29) is 22.5 Å². The zero-order chi connectivity index (χ0) is 18.3. The van der Waals surface area contributed by atoms with Gasteiger partial charge in [-0.3, -0.25) is 0 Å². The molecule has 0 aliphatic heterocycles. The largest absolute Gasteiger partial charge is 0.356 e. The van der Waals surface area contributed by atoms with E-state index >= 15 is 0 Å². The first-order valence-corrected chi connectivity index (χ1v) is 7.99. The number of nitrogens with zero attached hydrogens (tertiary/aromatic N) is 5. The predicted molar refractivity (Wildman–Crippen MR) is 89.3 cm³/mol. The van der Waals surface area contributed by atoms with Gasteiger partial charge in [0.05, 0.1) is 11.1 Å². The highest BCUT2D eigenvalue weighted by atomic mass is 35.5. The Kier molecular flexibility index (Phi) is 4.55. The van der Waals surface area contributed by atoms with Crippen molar-refractivity contribution in [2.45, 2.75) is 26.3 Å². The molecule has 0 aliphatic rings. The van der Waals surface area contributed by atoms with E-state index in [0.29, 0.717) is 18.0 Å². The molecule has 3 aromatic rings. The summed E-state index contributed by atoms with van der Waals surface area (Å²) in [4.78, 5) is 9.81. The maximum Gasteiger partial charge on any atom is 0.255 e. The fourth-order valence-electron chi connectivity index (χ4n) is 2.61. The summed E-state index contributed by atoms with van der Waals surface area (Å²) in [5, 5.41) is 3.94. The lowest BCUT2D eigenvalue weighted by molar-refractivity contribution is 0.547. The summed E-state index contributed by atoms with van der Waals surface area (Å²) >= 11 is 6.23. The van der Waals surface area contributed by atoms with Gasteiger partial charge in [0.15, 0.2) is 0 Å². The van der Waals surface area contributed by atoms with Crippen LogP contribution in [0.1, 0.15) is 20.3 Å². The molecular weight excluding hydrogens is 355 g/mol. The van der Waals surface area contributed by atoms with E-state index in [1.54, 1.807) is 11.9 Å². The van der Waals surface area contributed by atoms with Gasteiger partial charge in [-0.25, -0.2) is 13.2 Å². The summed E-state index contributed by atoms with van der Waals surface area (Å²) in [5.74, 6) is -2.63. The molecule has 1 atom stereocenters. The van der Waals surface area contributed by atoms with Crippen LogP contribution in [0, 0.1) is 17.5 Å². The molecule has 1 aromatic carbocycles. The minimum atomic E-state index is -1.07. The number of aromatic nitrogens is 4. The van der Waals surface area contributed by atoms with Crippen LogP contribution in [0.5, 0.6) is 0 Å². The minimum Gasteiger partial charge on any atom is -0.356 e. The molecule has 0 saturated heterocycles. The molecule has 3 rings (SSSR count). The molecule has 9 heteroatoms. The van der Waals surface area contributed by atoms with E-state index in [0.717, 1.165) is 6.42 Å². The van der Waals surface area contributed by atoms with Crippen molar-refractivity contribution >= 4 is 23.2 Å². The van der Waals surface area contributed by atoms with Gasteiger partial charge in [-0.15, -0.1) is 0 Å². The first-order chi connectivity index (χ1) is 11.8. The number of rotatable bonds is 4. The summed E-state index contributed by atoms with van der Waals surface area (Å²) in [6.07, 6.45) is 2.04. The Balaban J connectivity index is 2.41. The summed E-state index contributed by atoms with van der Waals surface area (Å²) in [7, 11) is 1.75. The molecule has 0 spiro atoms. The van der Waals surface area contributed by atoms with Crippen LogP contribution in [0.3, 0.4) is 0 Å². The minimum absolute atomic E-state index is 0.00235. The lowest BCUT2D eigenvalue weighted by Crippen LogP contribution is -2.31. The maximum atomic E-state index is 14.4. The zero-order valence-corrected chi connectivity index (χ0v) is 14.5. The van der Waals surface area contributed by atoms with E-state index in [2.05, 4.69) is 15.1 Å². The standard InChI is InChI=1S/C16H15ClF3N5/c1-4-8(2)24(3)15-13(12-10(19)5-9(18)6-11(12)20)14(17)23-16-21-7-22-25(15)16/h5-8H,4H2,1-3H3. The molecular formula is C16H15ClF3N5. The first kappa shape index (κ1) is 17.5. The van der Waals surface area contributed by atoms with Gasteiger partial charge < -0.3 is 4.90 Å². The molecule has 0 aliphatic carbocycles. The second-order valence-corrected chi connectivity index (χ2v) is 6.04. The van der Waals surface area contributed by atoms with Gasteiger partial charge in [-0.2, -0.15) is 19.6 Å². The third-order valence-electron chi connectivity index (χ3n) is 4.20. The van der Waals surface area contributed by atoms with Crippen molar-refractivity contribution in [2.75, 3.05) is 11.9 Å². The Morgan fingerprint density at radius 2 is 1.84 bits per heavy atom. The van der Waals surface area contributed by atoms with Gasteiger partial charge in [0.25, 0.3) is 5.78 Å². The fraction of sp³-hybridized carbons (Fsp3) is 0.312. The smallest absolute Gasteiger partial charge is 0.255 e. The van der Waals surface area contributed by atoms with Gasteiger partial charge in [-0.05, 0) is 13.3 Å². The Morgan fingerprint density at radius 1 is 1.20 bits per heavy atom. The first-order valence-electron chi connectivity index (χ1n) is 7.62. The molecule has 2 aromatic heterocycles. The van der Waals surface area contributed by atoms with Crippen LogP contribution in [0.2, 0.25) is 5.15 Å². The topological polar surface area (TPSA) is 46.3 Å². The number of halogens is 4. The second kappa shape index (κ2) is 6.51. The number of hydrogen-bond donors (Lipinski definition) is 0. The van der Waals surface area contributed by atoms with Crippen LogP contribution in [-0.4, -0.2) is 32.7 Å². The summed E-state index contributed by atoms with van der Waals surface area (Å²) in [6.45, 7) is 3.92. The van der Waals surface area contributed by atoms with E-state index in [9.17, 15) is 13.2 Å². The fourth-order valence-corrected chi connectivity index (χ4v) is 2.86. The van der Waals surface area contributed by atoms with E-state index in [1.807, 2.05) is 13.8 Å². The Bertz CT molecular complexity index is 920. The van der Waals surface area contributed by atoms with E-state index in [4.69, 9.17) is 11.6 Å². The second-order valence-electron chi connectivity index (χ2n) is 5.69. The van der Waals surface area contributed by atoms with Crippen LogP contribution in [0.4, 0.5) is 19.0 Å². The highest BCUT2D eigenvalue weighted by molar-refractivity contribution is 6.33. The van der Waals surface area contributed by atoms with Gasteiger partial charge in [0.1, 0.15) is 34.7 Å². The predicted octanol–water partition coefficient (Wildman–Crippen LogP) is 4.10. The Morgan fingerprint density at radius 3 is 2.44 bits per heavy atom. The normalized spacial score (nSPS) is 12.6. The monoisotopic (exact) mass is 369 g/mol. The SMILES string of the molecule is CCC(C)N(C)c1c(-c2c(F)cc(F)cc2F)c(Cl)nc2ncnn12. The van der Waals surface area contributed by atoms with E-state index < -0.39 is 23.0 Å². The summed E-state index contributed by atoms with van der Waals surface area (Å²) in [5.41, 5.74) is -0.459. The lowest BCUT2D eigenvalue weighted by Gasteiger charge is -2.28. The average molecular weight is 370 g/mol. The molecule has 5 nitrogen and oxygen atoms in total. The van der Waals surface area contributed by atoms with Gasteiger partial charge in [0, 0.05) is 25.2 Å². The molecule has 1 unspecified atom stereocenters. The molecule has 0 saturated carbocycles. The van der Waals surface area contributed by atoms with Crippen LogP contribution in [0.25, 0.3) is 16.9 Å². The third-order valence-corrected chi connectivity index (χ3v) is 4.47. The summed E-state index contributed by atoms with van der Waals surface area (Å²) < 4.78 is 43.5. The average Bonchev–Trinajstić information content (AvgIpc) is 3.00. The third kappa shape index (κ3) is 2.90. The number of benzene rings is 1. The van der Waals surface area contributed by atoms with E-state index in [1.165, 1.54) is 10.8 Å². The van der Waals surface area contributed by atoms with Crippen molar-refractivity contribution in [3.63, 3.8) is 0 Å². The lowest BCUT2D eigenvalue weighted by atomic mass is 10.0. The van der Waals surface area contributed by atoms with Crippen molar-refractivity contribution in [1.29, 1.82) is 0 Å². The van der Waals surface area contributed by atoms with Crippen LogP contribution < -0.4 is 4.90 Å². The van der Waals surface area contributed by atoms with Crippen molar-refractivity contribution < 1.29 is 13.2 Å². The summed E-state index contributed by atoms with van der Waals surface area (Å²) in [6, 6.07) is 1.22. The number of fused-ring (bicyclic) bond motifs is 1. The Labute approximate surface area is 147 Å². The van der Waals surface area contributed by atoms with Crippen molar-refractivity contribution in [2.24, 2.45) is 0 Å². The zero-order valence-electron chi connectivity index (χ0n) is 13.8. The highest BCUT2D eigenvalue weighted by Crippen LogP contribution is 2.39. The quantitative estimate of drug-likeness (QED) is 0.650. The van der Waals surface area contributed by atoms with Crippen molar-refractivity contribution in [3.8, 4) is 11.1 Å². The number of hydrogen-bond acceptors (Lipinski definition) is 4. The maximum absolute atomic E-state index is 14.4. The molecule has 0 radical (unpaired) electrons. The number of anilines is 1. The van der Waals surface area contributed by atoms with Gasteiger partial charge in [-0.1, -0.05) is 18.5 Å².